The van der Waals surface area contributed by atoms with Gasteiger partial charge in [0.2, 0.25) is 10.0 Å². The normalized spacial score (nSPS) is 15.1. The molecule has 124 valence electrons. The first-order valence-electron chi connectivity index (χ1n) is 6.69. The van der Waals surface area contributed by atoms with Gasteiger partial charge in [0, 0.05) is 6.04 Å². The summed E-state index contributed by atoms with van der Waals surface area (Å²) in [6, 6.07) is 4.56. The number of benzene rings is 1. The number of nitrogens with one attached hydrogen (secondary N) is 2. The molecule has 0 spiro atoms. The third kappa shape index (κ3) is 6.34. The third-order valence-electron chi connectivity index (χ3n) is 3.02. The lowest BCUT2D eigenvalue weighted by Crippen LogP contribution is -2.34. The van der Waals surface area contributed by atoms with Crippen LogP contribution in [-0.2, 0) is 10.0 Å². The summed E-state index contributed by atoms with van der Waals surface area (Å²) >= 11 is 0. The van der Waals surface area contributed by atoms with Crippen LogP contribution in [0.15, 0.2) is 23.2 Å². The molecule has 0 aromatic heterocycles. The standard InChI is InChI=1S/C13H19FN4O2S.HI/c1-9-2-3-11(8-12(9)14)18-21(19,20)7-6-16-13(15)17-10-4-5-10;/h2-3,8,10,18H,4-7H2,1H3,(H3,15,16,17);1H. The van der Waals surface area contributed by atoms with E-state index < -0.39 is 15.8 Å². The molecule has 2 rings (SSSR count). The zero-order valence-electron chi connectivity index (χ0n) is 12.2. The van der Waals surface area contributed by atoms with E-state index in [0.29, 0.717) is 11.6 Å². The van der Waals surface area contributed by atoms with E-state index in [0.717, 1.165) is 18.9 Å². The molecule has 0 unspecified atom stereocenters. The quantitative estimate of drug-likeness (QED) is 0.354. The number of aliphatic imine (C=N–C) groups is 1. The molecule has 0 atom stereocenters. The van der Waals surface area contributed by atoms with Crippen LogP contribution in [-0.4, -0.2) is 32.7 Å². The van der Waals surface area contributed by atoms with E-state index >= 15 is 0 Å². The topological polar surface area (TPSA) is 96.6 Å². The van der Waals surface area contributed by atoms with Crippen molar-refractivity contribution in [2.24, 2.45) is 10.7 Å². The monoisotopic (exact) mass is 442 g/mol. The van der Waals surface area contributed by atoms with E-state index in [1.807, 2.05) is 0 Å². The van der Waals surface area contributed by atoms with Gasteiger partial charge >= 0.3 is 0 Å². The first-order valence-corrected chi connectivity index (χ1v) is 8.34. The first-order chi connectivity index (χ1) is 9.85. The lowest BCUT2D eigenvalue weighted by Gasteiger charge is -2.08. The van der Waals surface area contributed by atoms with Crippen molar-refractivity contribution in [3.8, 4) is 0 Å². The van der Waals surface area contributed by atoms with Crippen LogP contribution in [0.4, 0.5) is 10.1 Å². The number of nitrogens with zero attached hydrogens (tertiary/aromatic N) is 1. The summed E-state index contributed by atoms with van der Waals surface area (Å²) < 4.78 is 39.4. The fraction of sp³-hybridized carbons (Fsp3) is 0.462. The number of aryl methyl sites for hydroxylation is 1. The van der Waals surface area contributed by atoms with Gasteiger partial charge in [0.05, 0.1) is 18.0 Å². The van der Waals surface area contributed by atoms with Crippen LogP contribution < -0.4 is 15.8 Å². The minimum Gasteiger partial charge on any atom is -0.370 e. The molecule has 22 heavy (non-hydrogen) atoms. The van der Waals surface area contributed by atoms with Gasteiger partial charge < -0.3 is 11.1 Å². The Kier molecular flexibility index (Phi) is 6.85. The zero-order chi connectivity index (χ0) is 15.5. The molecule has 6 nitrogen and oxygen atoms in total. The minimum absolute atomic E-state index is 0. The second-order valence-electron chi connectivity index (χ2n) is 5.07. The van der Waals surface area contributed by atoms with Gasteiger partial charge in [-0.25, -0.2) is 12.8 Å². The summed E-state index contributed by atoms with van der Waals surface area (Å²) in [7, 11) is -3.58. The van der Waals surface area contributed by atoms with Crippen LogP contribution in [0.3, 0.4) is 0 Å². The molecule has 1 aliphatic carbocycles. The van der Waals surface area contributed by atoms with Crippen LogP contribution >= 0.6 is 24.0 Å². The number of guanidine groups is 1. The second kappa shape index (κ2) is 7.95. The molecule has 1 saturated carbocycles. The van der Waals surface area contributed by atoms with Gasteiger partial charge in [-0.3, -0.25) is 9.71 Å². The van der Waals surface area contributed by atoms with E-state index in [2.05, 4.69) is 15.0 Å². The van der Waals surface area contributed by atoms with Crippen LogP contribution in [0.5, 0.6) is 0 Å². The number of halogens is 2. The summed E-state index contributed by atoms with van der Waals surface area (Å²) in [4.78, 5) is 3.95. The third-order valence-corrected chi connectivity index (χ3v) is 4.28. The Balaban J connectivity index is 0.00000242. The summed E-state index contributed by atoms with van der Waals surface area (Å²) in [5, 5.41) is 2.97. The zero-order valence-corrected chi connectivity index (χ0v) is 15.3. The van der Waals surface area contributed by atoms with Crippen LogP contribution in [0, 0.1) is 12.7 Å². The second-order valence-corrected chi connectivity index (χ2v) is 6.91. The van der Waals surface area contributed by atoms with Crippen molar-refractivity contribution < 1.29 is 12.8 Å². The number of nitrogens with two attached hydrogens (primary N) is 1. The summed E-state index contributed by atoms with van der Waals surface area (Å²) in [5.41, 5.74) is 6.27. The molecule has 1 fully saturated rings. The van der Waals surface area contributed by atoms with Crippen molar-refractivity contribution in [3.05, 3.63) is 29.6 Å². The Morgan fingerprint density at radius 2 is 2.14 bits per heavy atom. The van der Waals surface area contributed by atoms with Crippen molar-refractivity contribution in [1.29, 1.82) is 0 Å². The molecule has 4 N–H and O–H groups in total. The minimum atomic E-state index is -3.58. The van der Waals surface area contributed by atoms with Crippen molar-refractivity contribution >= 4 is 45.6 Å². The highest BCUT2D eigenvalue weighted by atomic mass is 127. The van der Waals surface area contributed by atoms with Gasteiger partial charge in [0.1, 0.15) is 5.82 Å². The Bertz CT molecular complexity index is 647. The maximum absolute atomic E-state index is 13.4. The highest BCUT2D eigenvalue weighted by Gasteiger charge is 2.21. The van der Waals surface area contributed by atoms with E-state index in [1.165, 1.54) is 12.1 Å². The Morgan fingerprint density at radius 1 is 1.45 bits per heavy atom. The number of sulfonamides is 1. The van der Waals surface area contributed by atoms with E-state index in [4.69, 9.17) is 5.73 Å². The SMILES string of the molecule is Cc1ccc(NS(=O)(=O)CCN=C(N)NC2CC2)cc1F.I. The van der Waals surface area contributed by atoms with Gasteiger partial charge in [0.15, 0.2) is 5.96 Å². The molecule has 0 saturated heterocycles. The fourth-order valence-corrected chi connectivity index (χ4v) is 2.58. The predicted octanol–water partition coefficient (Wildman–Crippen LogP) is 1.56. The van der Waals surface area contributed by atoms with Crippen molar-refractivity contribution in [1.82, 2.24) is 5.32 Å². The number of hydrogen-bond donors (Lipinski definition) is 3. The lowest BCUT2D eigenvalue weighted by molar-refractivity contribution is 0.600. The number of anilines is 1. The summed E-state index contributed by atoms with van der Waals surface area (Å²) in [6.07, 6.45) is 2.13. The number of hydrogen-bond acceptors (Lipinski definition) is 3. The highest BCUT2D eigenvalue weighted by Crippen LogP contribution is 2.18. The molecule has 0 amide bonds. The van der Waals surface area contributed by atoms with E-state index in [9.17, 15) is 12.8 Å². The lowest BCUT2D eigenvalue weighted by atomic mass is 10.2. The van der Waals surface area contributed by atoms with Gasteiger partial charge in [-0.2, -0.15) is 0 Å². The highest BCUT2D eigenvalue weighted by molar-refractivity contribution is 14.0. The molecule has 1 aliphatic rings. The molecule has 0 bridgehead atoms. The van der Waals surface area contributed by atoms with Crippen molar-refractivity contribution in [3.63, 3.8) is 0 Å². The van der Waals surface area contributed by atoms with Gasteiger partial charge in [-0.15, -0.1) is 24.0 Å². The number of rotatable bonds is 6. The molecule has 0 heterocycles. The van der Waals surface area contributed by atoms with Crippen LogP contribution in [0.1, 0.15) is 18.4 Å². The molecule has 9 heteroatoms. The Morgan fingerprint density at radius 3 is 2.73 bits per heavy atom. The average Bonchev–Trinajstić information content (AvgIpc) is 3.17. The van der Waals surface area contributed by atoms with Crippen LogP contribution in [0.2, 0.25) is 0 Å². The van der Waals surface area contributed by atoms with E-state index in [1.54, 1.807) is 6.92 Å². The molecule has 1 aromatic rings. The van der Waals surface area contributed by atoms with Gasteiger partial charge in [0.25, 0.3) is 0 Å². The van der Waals surface area contributed by atoms with Crippen molar-refractivity contribution in [2.75, 3.05) is 17.0 Å². The van der Waals surface area contributed by atoms with Gasteiger partial charge in [-0.05, 0) is 37.5 Å². The summed E-state index contributed by atoms with van der Waals surface area (Å²) in [6.45, 7) is 1.66. The molecule has 0 aliphatic heterocycles. The molecular formula is C13H20FIN4O2S. The molecular weight excluding hydrogens is 422 g/mol. The Labute approximate surface area is 146 Å². The maximum atomic E-state index is 13.4. The average molecular weight is 442 g/mol. The molecule has 1 aromatic carbocycles. The smallest absolute Gasteiger partial charge is 0.234 e. The Hall–Kier alpha value is -1.10. The van der Waals surface area contributed by atoms with Crippen molar-refractivity contribution in [2.45, 2.75) is 25.8 Å². The van der Waals surface area contributed by atoms with E-state index in [-0.39, 0.29) is 47.9 Å². The largest absolute Gasteiger partial charge is 0.370 e. The van der Waals surface area contributed by atoms with Crippen LogP contribution in [0.25, 0.3) is 0 Å². The fourth-order valence-electron chi connectivity index (χ4n) is 1.66. The predicted molar refractivity (Wildman–Crippen MR) is 96.6 cm³/mol. The first kappa shape index (κ1) is 18.9. The summed E-state index contributed by atoms with van der Waals surface area (Å²) in [5.74, 6) is -0.407. The molecule has 0 radical (unpaired) electrons. The van der Waals surface area contributed by atoms with Gasteiger partial charge in [-0.1, -0.05) is 6.07 Å². The maximum Gasteiger partial charge on any atom is 0.234 e.